The summed E-state index contributed by atoms with van der Waals surface area (Å²) in [5, 5.41) is 3.85. The minimum Gasteiger partial charge on any atom is -0.490 e. The number of halogens is 2. The van der Waals surface area contributed by atoms with E-state index in [0.29, 0.717) is 36.2 Å². The molecule has 0 saturated carbocycles. The molecule has 1 fully saturated rings. The van der Waals surface area contributed by atoms with E-state index in [1.165, 1.54) is 0 Å². The molecule has 2 aromatic rings. The lowest BCUT2D eigenvalue weighted by Gasteiger charge is -2.37. The van der Waals surface area contributed by atoms with Crippen LogP contribution in [0.25, 0.3) is 0 Å². The fourth-order valence-corrected chi connectivity index (χ4v) is 3.37. The molecule has 154 valence electrons. The fraction of sp³-hybridized carbons (Fsp3) is 0.579. The molecule has 2 heterocycles. The van der Waals surface area contributed by atoms with Gasteiger partial charge in [-0.2, -0.15) is 13.8 Å². The van der Waals surface area contributed by atoms with E-state index in [1.54, 1.807) is 25.1 Å². The van der Waals surface area contributed by atoms with Crippen LogP contribution < -0.4 is 9.47 Å². The normalized spacial score (nSPS) is 17.1. The van der Waals surface area contributed by atoms with Crippen molar-refractivity contribution >= 4 is 0 Å². The third kappa shape index (κ3) is 4.96. The van der Waals surface area contributed by atoms with Crippen molar-refractivity contribution in [3.05, 3.63) is 35.5 Å². The van der Waals surface area contributed by atoms with E-state index in [9.17, 15) is 8.78 Å². The lowest BCUT2D eigenvalue weighted by molar-refractivity contribution is -0.0525. The number of nitrogens with zero attached hydrogens (tertiary/aromatic N) is 4. The topological polar surface area (TPSA) is 63.9 Å². The maximum Gasteiger partial charge on any atom is 0.387 e. The largest absolute Gasteiger partial charge is 0.490 e. The number of alkyl halides is 2. The molecule has 7 nitrogen and oxygen atoms in total. The summed E-state index contributed by atoms with van der Waals surface area (Å²) in [6.45, 7) is 6.89. The monoisotopic (exact) mass is 396 g/mol. The van der Waals surface area contributed by atoms with Crippen molar-refractivity contribution in [1.29, 1.82) is 0 Å². The molecule has 0 aliphatic carbocycles. The number of para-hydroxylation sites is 1. The highest BCUT2D eigenvalue weighted by molar-refractivity contribution is 5.46. The van der Waals surface area contributed by atoms with Crippen molar-refractivity contribution < 1.29 is 22.8 Å². The number of aryl methyl sites for hydroxylation is 1. The Morgan fingerprint density at radius 1 is 1.21 bits per heavy atom. The van der Waals surface area contributed by atoms with Gasteiger partial charge in [0.2, 0.25) is 5.89 Å². The smallest absolute Gasteiger partial charge is 0.387 e. The van der Waals surface area contributed by atoms with Crippen LogP contribution in [0.4, 0.5) is 8.78 Å². The van der Waals surface area contributed by atoms with Gasteiger partial charge in [0, 0.05) is 38.3 Å². The van der Waals surface area contributed by atoms with Crippen LogP contribution in [0.15, 0.2) is 22.7 Å². The number of hydrogen-bond acceptors (Lipinski definition) is 7. The zero-order valence-corrected chi connectivity index (χ0v) is 16.4. The first-order valence-electron chi connectivity index (χ1n) is 9.44. The molecule has 1 unspecified atom stereocenters. The molecule has 1 aliphatic rings. The summed E-state index contributed by atoms with van der Waals surface area (Å²) in [4.78, 5) is 8.79. The highest BCUT2D eigenvalue weighted by atomic mass is 19.3. The Labute approximate surface area is 163 Å². The molecule has 1 aliphatic heterocycles. The Morgan fingerprint density at radius 2 is 1.96 bits per heavy atom. The lowest BCUT2D eigenvalue weighted by Crippen LogP contribution is -2.46. The Balaban J connectivity index is 1.63. The van der Waals surface area contributed by atoms with Crippen molar-refractivity contribution in [3.8, 4) is 11.5 Å². The molecule has 3 rings (SSSR count). The van der Waals surface area contributed by atoms with E-state index >= 15 is 0 Å². The maximum atomic E-state index is 12.9. The van der Waals surface area contributed by atoms with Gasteiger partial charge in [-0.25, -0.2) is 0 Å². The first kappa shape index (κ1) is 20.5. The summed E-state index contributed by atoms with van der Waals surface area (Å²) in [6.07, 6.45) is 0. The Morgan fingerprint density at radius 3 is 2.57 bits per heavy atom. The van der Waals surface area contributed by atoms with Crippen molar-refractivity contribution in [2.75, 3.05) is 32.8 Å². The van der Waals surface area contributed by atoms with Gasteiger partial charge in [0.05, 0.1) is 12.6 Å². The zero-order valence-electron chi connectivity index (χ0n) is 16.4. The minimum atomic E-state index is -2.89. The van der Waals surface area contributed by atoms with Crippen LogP contribution in [0, 0.1) is 6.92 Å². The van der Waals surface area contributed by atoms with Gasteiger partial charge in [-0.3, -0.25) is 9.80 Å². The second-order valence-electron chi connectivity index (χ2n) is 6.72. The van der Waals surface area contributed by atoms with Gasteiger partial charge in [0.1, 0.15) is 0 Å². The zero-order chi connectivity index (χ0) is 20.1. The number of benzene rings is 1. The molecule has 0 spiro atoms. The average molecular weight is 396 g/mol. The van der Waals surface area contributed by atoms with Crippen LogP contribution in [0.2, 0.25) is 0 Å². The number of rotatable bonds is 8. The SMILES string of the molecule is CCOc1cccc(CN2CCN(C(C)c3nc(C)no3)CC2)c1OC(F)F. The highest BCUT2D eigenvalue weighted by Gasteiger charge is 2.26. The fourth-order valence-electron chi connectivity index (χ4n) is 3.37. The summed E-state index contributed by atoms with van der Waals surface area (Å²) in [5.74, 6) is 1.71. The van der Waals surface area contributed by atoms with E-state index in [-0.39, 0.29) is 11.8 Å². The highest BCUT2D eigenvalue weighted by Crippen LogP contribution is 2.34. The molecule has 1 aromatic heterocycles. The van der Waals surface area contributed by atoms with Crippen LogP contribution >= 0.6 is 0 Å². The summed E-state index contributed by atoms with van der Waals surface area (Å²) >= 11 is 0. The van der Waals surface area contributed by atoms with E-state index in [4.69, 9.17) is 14.0 Å². The predicted octanol–water partition coefficient (Wildman–Crippen LogP) is 3.26. The molecule has 1 aromatic carbocycles. The van der Waals surface area contributed by atoms with Crippen LogP contribution in [-0.4, -0.2) is 59.3 Å². The van der Waals surface area contributed by atoms with Crippen molar-refractivity contribution in [2.45, 2.75) is 40.0 Å². The molecule has 0 N–H and O–H groups in total. The van der Waals surface area contributed by atoms with E-state index in [2.05, 4.69) is 19.9 Å². The van der Waals surface area contributed by atoms with Crippen LogP contribution in [0.1, 0.15) is 37.2 Å². The second kappa shape index (κ2) is 9.29. The average Bonchev–Trinajstić information content (AvgIpc) is 3.10. The molecule has 28 heavy (non-hydrogen) atoms. The van der Waals surface area contributed by atoms with Crippen LogP contribution in [0.5, 0.6) is 11.5 Å². The van der Waals surface area contributed by atoms with Gasteiger partial charge in [0.15, 0.2) is 17.3 Å². The van der Waals surface area contributed by atoms with Gasteiger partial charge < -0.3 is 14.0 Å². The third-order valence-corrected chi connectivity index (χ3v) is 4.82. The molecule has 1 atom stereocenters. The standard InChI is InChI=1S/C19H26F2N4O3/c1-4-26-16-7-5-6-15(17(16)27-19(20)21)12-24-8-10-25(11-9-24)13(2)18-22-14(3)23-28-18/h5-7,13,19H,4,8-12H2,1-3H3. The van der Waals surface area contributed by atoms with Gasteiger partial charge in [-0.15, -0.1) is 0 Å². The van der Waals surface area contributed by atoms with E-state index in [1.807, 2.05) is 13.8 Å². The Kier molecular flexibility index (Phi) is 6.79. The second-order valence-corrected chi connectivity index (χ2v) is 6.72. The molecule has 0 amide bonds. The van der Waals surface area contributed by atoms with Crippen LogP contribution in [0.3, 0.4) is 0 Å². The Bertz CT molecular complexity index is 763. The van der Waals surface area contributed by atoms with Crippen molar-refractivity contribution in [2.24, 2.45) is 0 Å². The first-order chi connectivity index (χ1) is 13.5. The van der Waals surface area contributed by atoms with E-state index < -0.39 is 6.61 Å². The predicted molar refractivity (Wildman–Crippen MR) is 98.5 cm³/mol. The van der Waals surface area contributed by atoms with Gasteiger partial charge >= 0.3 is 6.61 Å². The quantitative estimate of drug-likeness (QED) is 0.679. The first-order valence-corrected chi connectivity index (χ1v) is 9.44. The summed E-state index contributed by atoms with van der Waals surface area (Å²) < 4.78 is 41.3. The van der Waals surface area contributed by atoms with Crippen molar-refractivity contribution in [3.63, 3.8) is 0 Å². The molecule has 9 heteroatoms. The van der Waals surface area contributed by atoms with Crippen LogP contribution in [-0.2, 0) is 6.54 Å². The summed E-state index contributed by atoms with van der Waals surface area (Å²) in [7, 11) is 0. The summed E-state index contributed by atoms with van der Waals surface area (Å²) in [6, 6.07) is 5.30. The lowest BCUT2D eigenvalue weighted by atomic mass is 10.1. The Hall–Kier alpha value is -2.26. The molecule has 1 saturated heterocycles. The van der Waals surface area contributed by atoms with Gasteiger partial charge in [0.25, 0.3) is 0 Å². The number of piperazine rings is 1. The minimum absolute atomic E-state index is 0.0439. The molecular weight excluding hydrogens is 370 g/mol. The number of hydrogen-bond donors (Lipinski definition) is 0. The molecular formula is C19H26F2N4O3. The van der Waals surface area contributed by atoms with Gasteiger partial charge in [-0.05, 0) is 26.8 Å². The number of ether oxygens (including phenoxy) is 2. The van der Waals surface area contributed by atoms with Crippen molar-refractivity contribution in [1.82, 2.24) is 19.9 Å². The van der Waals surface area contributed by atoms with Gasteiger partial charge in [-0.1, -0.05) is 17.3 Å². The molecule has 0 radical (unpaired) electrons. The maximum absolute atomic E-state index is 12.9. The summed E-state index contributed by atoms with van der Waals surface area (Å²) in [5.41, 5.74) is 0.695. The number of aromatic nitrogens is 2. The third-order valence-electron chi connectivity index (χ3n) is 4.82. The molecule has 0 bridgehead atoms. The van der Waals surface area contributed by atoms with E-state index in [0.717, 1.165) is 26.2 Å².